The van der Waals surface area contributed by atoms with E-state index in [1.54, 1.807) is 24.6 Å². The lowest BCUT2D eigenvalue weighted by Gasteiger charge is -2.33. The number of hydrogen-bond acceptors (Lipinski definition) is 9. The van der Waals surface area contributed by atoms with Crippen LogP contribution < -0.4 is 25.0 Å². The normalized spacial score (nSPS) is 18.7. The number of nitrogens with one attached hydrogen (secondary N) is 2. The Bertz CT molecular complexity index is 2110. The van der Waals surface area contributed by atoms with Crippen LogP contribution in [0, 0.1) is 11.3 Å². The quantitative estimate of drug-likeness (QED) is 0.151. The molecule has 0 spiro atoms. The van der Waals surface area contributed by atoms with Gasteiger partial charge in [0.25, 0.3) is 0 Å². The standard InChI is InChI=1S/C40H48N10O3/c1-27-11-8-9-20-48(27)39-45-44-36-19-16-30(25-49(36)39)53-34-18-17-33(31-14-6-7-15-32(31)34)42-38(51)43-37-24-35(40(2,3)26-41)46-50(37)28-12-10-13-29(23-28)52-22-21-47(4)5/h6-7,10,12-16,19,23-25,27,33-34H,8-9,11,17-18,20-22H2,1-5H3,(H2,42,43,51)/t27?,33-,34+/m0/s1. The van der Waals surface area contributed by atoms with E-state index >= 15 is 0 Å². The summed E-state index contributed by atoms with van der Waals surface area (Å²) in [4.78, 5) is 18.1. The van der Waals surface area contributed by atoms with Gasteiger partial charge in [-0.25, -0.2) is 9.48 Å². The van der Waals surface area contributed by atoms with E-state index in [2.05, 4.69) is 49.7 Å². The number of likely N-dealkylation sites (N-methyl/N-ethyl adjacent to an activating group) is 1. The number of ether oxygens (including phenoxy) is 2. The van der Waals surface area contributed by atoms with Gasteiger partial charge in [0.2, 0.25) is 5.95 Å². The van der Waals surface area contributed by atoms with E-state index in [1.807, 2.05) is 79.3 Å². The molecule has 13 heteroatoms. The first kappa shape index (κ1) is 35.8. The monoisotopic (exact) mass is 716 g/mol. The number of urea groups is 1. The third-order valence-corrected chi connectivity index (χ3v) is 10.2. The molecule has 0 bridgehead atoms. The van der Waals surface area contributed by atoms with Crippen molar-refractivity contribution in [2.75, 3.05) is 44.0 Å². The lowest BCUT2D eigenvalue weighted by molar-refractivity contribution is 0.171. The van der Waals surface area contributed by atoms with E-state index in [0.717, 1.165) is 54.4 Å². The average molecular weight is 717 g/mol. The molecule has 3 aromatic heterocycles. The smallest absolute Gasteiger partial charge is 0.320 e. The van der Waals surface area contributed by atoms with Gasteiger partial charge in [0.1, 0.15) is 30.0 Å². The second-order valence-electron chi connectivity index (χ2n) is 14.8. The molecule has 1 saturated heterocycles. The molecule has 13 nitrogen and oxygen atoms in total. The van der Waals surface area contributed by atoms with E-state index in [-0.39, 0.29) is 18.2 Å². The third-order valence-electron chi connectivity index (χ3n) is 10.2. The van der Waals surface area contributed by atoms with Crippen molar-refractivity contribution in [3.63, 3.8) is 0 Å². The van der Waals surface area contributed by atoms with Crippen LogP contribution in [-0.4, -0.2) is 75.1 Å². The molecule has 3 atom stereocenters. The van der Waals surface area contributed by atoms with Crippen LogP contribution in [0.4, 0.5) is 16.6 Å². The fourth-order valence-electron chi connectivity index (χ4n) is 7.10. The van der Waals surface area contributed by atoms with E-state index < -0.39 is 5.41 Å². The molecule has 5 aromatic rings. The molecule has 2 N–H and O–H groups in total. The summed E-state index contributed by atoms with van der Waals surface area (Å²) in [6, 6.07) is 23.4. The Hall–Kier alpha value is -5.61. The Balaban J connectivity index is 1.08. The predicted molar refractivity (Wildman–Crippen MR) is 204 cm³/mol. The maximum Gasteiger partial charge on any atom is 0.320 e. The fraction of sp³-hybridized carbons (Fsp3) is 0.425. The molecular formula is C40H48N10O3. The zero-order valence-corrected chi connectivity index (χ0v) is 31.1. The molecule has 1 unspecified atom stereocenters. The lowest BCUT2D eigenvalue weighted by atomic mass is 9.85. The van der Waals surface area contributed by atoms with Crippen LogP contribution in [0.2, 0.25) is 0 Å². The maximum atomic E-state index is 13.7. The average Bonchev–Trinajstić information content (AvgIpc) is 3.77. The molecular weight excluding hydrogens is 669 g/mol. The first-order chi connectivity index (χ1) is 25.6. The van der Waals surface area contributed by atoms with Crippen molar-refractivity contribution in [3.05, 3.63) is 89.7 Å². The molecule has 2 amide bonds. The zero-order chi connectivity index (χ0) is 37.1. The summed E-state index contributed by atoms with van der Waals surface area (Å²) in [5.74, 6) is 2.72. The summed E-state index contributed by atoms with van der Waals surface area (Å²) in [6.45, 7) is 8.12. The Morgan fingerprint density at radius 3 is 2.62 bits per heavy atom. The van der Waals surface area contributed by atoms with Crippen molar-refractivity contribution in [1.29, 1.82) is 5.26 Å². The van der Waals surface area contributed by atoms with Crippen LogP contribution in [0.25, 0.3) is 11.3 Å². The van der Waals surface area contributed by atoms with Crippen molar-refractivity contribution in [1.82, 2.24) is 34.6 Å². The van der Waals surface area contributed by atoms with Gasteiger partial charge < -0.3 is 24.6 Å². The minimum Gasteiger partial charge on any atom is -0.492 e. The highest BCUT2D eigenvalue weighted by Crippen LogP contribution is 2.39. The predicted octanol–water partition coefficient (Wildman–Crippen LogP) is 6.81. The van der Waals surface area contributed by atoms with Crippen LogP contribution in [-0.2, 0) is 5.41 Å². The van der Waals surface area contributed by atoms with Gasteiger partial charge in [-0.2, -0.15) is 10.4 Å². The summed E-state index contributed by atoms with van der Waals surface area (Å²) in [7, 11) is 3.99. The third kappa shape index (κ3) is 7.78. The summed E-state index contributed by atoms with van der Waals surface area (Å²) in [5, 5.41) is 29.8. The number of anilines is 2. The minimum atomic E-state index is -0.873. The number of pyridine rings is 1. The molecule has 1 aliphatic heterocycles. The number of nitriles is 1. The number of benzene rings is 2. The van der Waals surface area contributed by atoms with Crippen LogP contribution in [0.1, 0.15) is 81.8 Å². The van der Waals surface area contributed by atoms with Crippen molar-refractivity contribution in [2.24, 2.45) is 0 Å². The van der Waals surface area contributed by atoms with E-state index in [0.29, 0.717) is 48.4 Å². The van der Waals surface area contributed by atoms with Crippen LogP contribution in [0.3, 0.4) is 0 Å². The molecule has 7 rings (SSSR count). The molecule has 1 aliphatic carbocycles. The van der Waals surface area contributed by atoms with Crippen LogP contribution in [0.5, 0.6) is 11.5 Å². The second kappa shape index (κ2) is 15.2. The van der Waals surface area contributed by atoms with Gasteiger partial charge in [-0.1, -0.05) is 30.3 Å². The van der Waals surface area contributed by atoms with Crippen molar-refractivity contribution >= 4 is 23.4 Å². The highest BCUT2D eigenvalue weighted by atomic mass is 16.5. The summed E-state index contributed by atoms with van der Waals surface area (Å²) >= 11 is 0. The second-order valence-corrected chi connectivity index (χ2v) is 14.8. The maximum absolute atomic E-state index is 13.7. The Kier molecular flexibility index (Phi) is 10.2. The number of carbonyl (C=O) groups excluding carboxylic acids is 1. The number of hydrogen-bond donors (Lipinski definition) is 2. The van der Waals surface area contributed by atoms with Crippen molar-refractivity contribution in [3.8, 4) is 23.3 Å². The summed E-state index contributed by atoms with van der Waals surface area (Å²) < 4.78 is 16.3. The molecule has 53 heavy (non-hydrogen) atoms. The summed E-state index contributed by atoms with van der Waals surface area (Å²) in [5.41, 5.74) is 3.20. The number of carbonyl (C=O) groups is 1. The molecule has 2 aromatic carbocycles. The molecule has 1 fully saturated rings. The summed E-state index contributed by atoms with van der Waals surface area (Å²) in [6.07, 6.45) is 6.70. The molecule has 4 heterocycles. The topological polar surface area (TPSA) is 138 Å². The van der Waals surface area contributed by atoms with Gasteiger partial charge in [-0.3, -0.25) is 9.72 Å². The van der Waals surface area contributed by atoms with E-state index in [1.165, 1.54) is 6.42 Å². The first-order valence-corrected chi connectivity index (χ1v) is 18.4. The number of nitrogens with zero attached hydrogens (tertiary/aromatic N) is 8. The molecule has 2 aliphatic rings. The minimum absolute atomic E-state index is 0.192. The van der Waals surface area contributed by atoms with Gasteiger partial charge >= 0.3 is 6.03 Å². The van der Waals surface area contributed by atoms with Crippen molar-refractivity contribution < 1.29 is 14.3 Å². The zero-order valence-electron chi connectivity index (χ0n) is 31.1. The number of amides is 2. The van der Waals surface area contributed by atoms with Gasteiger partial charge in [0, 0.05) is 31.3 Å². The fourth-order valence-corrected chi connectivity index (χ4v) is 7.10. The van der Waals surface area contributed by atoms with Crippen LogP contribution in [0.15, 0.2) is 72.9 Å². The van der Waals surface area contributed by atoms with Gasteiger partial charge in [-0.05, 0) is 102 Å². The van der Waals surface area contributed by atoms with E-state index in [9.17, 15) is 10.1 Å². The van der Waals surface area contributed by atoms with Gasteiger partial charge in [0.05, 0.1) is 35.1 Å². The molecule has 0 saturated carbocycles. The molecule has 0 radical (unpaired) electrons. The van der Waals surface area contributed by atoms with Gasteiger partial charge in [0.15, 0.2) is 5.65 Å². The largest absolute Gasteiger partial charge is 0.492 e. The number of fused-ring (bicyclic) bond motifs is 2. The number of aromatic nitrogens is 5. The SMILES string of the molecule is CC1CCCCN1c1nnc2ccc(O[C@@H]3CC[C@H](NC(=O)Nc4cc(C(C)(C)C#N)nn4-c4cccc(OCCN(C)C)c4)c4ccccc43)cn12. The lowest BCUT2D eigenvalue weighted by Crippen LogP contribution is -2.38. The highest BCUT2D eigenvalue weighted by molar-refractivity contribution is 5.89. The number of rotatable bonds is 11. The first-order valence-electron chi connectivity index (χ1n) is 18.4. The van der Waals surface area contributed by atoms with E-state index in [4.69, 9.17) is 14.6 Å². The Labute approximate surface area is 310 Å². The van der Waals surface area contributed by atoms with Crippen molar-refractivity contribution in [2.45, 2.75) is 76.5 Å². The molecule has 276 valence electrons. The van der Waals surface area contributed by atoms with Crippen LogP contribution >= 0.6 is 0 Å². The highest BCUT2D eigenvalue weighted by Gasteiger charge is 2.31. The van der Waals surface area contributed by atoms with Gasteiger partial charge in [-0.15, -0.1) is 10.2 Å². The Morgan fingerprint density at radius 1 is 1.00 bits per heavy atom. The number of piperidine rings is 1. The Morgan fingerprint density at radius 2 is 1.83 bits per heavy atom.